The molecule has 0 aromatic carbocycles. The summed E-state index contributed by atoms with van der Waals surface area (Å²) in [7, 11) is 0. The van der Waals surface area contributed by atoms with Crippen molar-refractivity contribution in [3.8, 4) is 0 Å². The van der Waals surface area contributed by atoms with Crippen LogP contribution in [0.2, 0.25) is 0 Å². The van der Waals surface area contributed by atoms with Gasteiger partial charge in [0.25, 0.3) is 5.78 Å². The van der Waals surface area contributed by atoms with Crippen LogP contribution < -0.4 is 0 Å². The number of carboxylic acid groups (broad SMARTS) is 1. The molecule has 0 amide bonds. The Bertz CT molecular complexity index is 557. The van der Waals surface area contributed by atoms with Crippen LogP contribution in [0.4, 0.5) is 0 Å². The number of carboxylic acids is 1. The highest BCUT2D eigenvalue weighted by Crippen LogP contribution is 2.21. The van der Waals surface area contributed by atoms with E-state index in [0.717, 1.165) is 0 Å². The van der Waals surface area contributed by atoms with Gasteiger partial charge in [-0.1, -0.05) is 0 Å². The first kappa shape index (κ1) is 9.39. The van der Waals surface area contributed by atoms with Crippen molar-refractivity contribution < 1.29 is 14.7 Å². The van der Waals surface area contributed by atoms with Gasteiger partial charge in [0.15, 0.2) is 0 Å². The van der Waals surface area contributed by atoms with Gasteiger partial charge in [0.05, 0.1) is 17.3 Å². The molecule has 0 aliphatic rings. The number of aryl methyl sites for hydroxylation is 1. The van der Waals surface area contributed by atoms with Crippen molar-refractivity contribution in [2.24, 2.45) is 0 Å². The molecule has 0 saturated carbocycles. The highest BCUT2D eigenvalue weighted by molar-refractivity contribution is 6.42. The normalized spacial score (nSPS) is 10.5. The molecular formula is C10H8N2O3. The van der Waals surface area contributed by atoms with Crippen LogP contribution in [-0.4, -0.2) is 26.8 Å². The number of hydrogen-bond acceptors (Lipinski definition) is 3. The smallest absolute Gasteiger partial charge is 0.377 e. The average molecular weight is 204 g/mol. The van der Waals surface area contributed by atoms with Crippen LogP contribution in [0, 0.1) is 6.92 Å². The lowest BCUT2D eigenvalue weighted by Crippen LogP contribution is -2.13. The molecule has 15 heavy (non-hydrogen) atoms. The van der Waals surface area contributed by atoms with Crippen molar-refractivity contribution >= 4 is 22.7 Å². The summed E-state index contributed by atoms with van der Waals surface area (Å²) in [5, 5.41) is 9.25. The number of Topliss-reactive ketones (excluding diaryl/α,β-unsaturated/α-hetero) is 1. The van der Waals surface area contributed by atoms with Gasteiger partial charge < -0.3 is 10.1 Å². The molecule has 2 N–H and O–H groups in total. The summed E-state index contributed by atoms with van der Waals surface area (Å²) in [6.45, 7) is 1.66. The molecule has 5 heteroatoms. The molecule has 0 unspecified atom stereocenters. The molecule has 0 bridgehead atoms. The summed E-state index contributed by atoms with van der Waals surface area (Å²) in [5.41, 5.74) is 1.42. The maximum absolute atomic E-state index is 11.4. The number of nitrogens with one attached hydrogen (secondary N) is 1. The fraction of sp³-hybridized carbons (Fsp3) is 0.100. The first-order chi connectivity index (χ1) is 7.11. The van der Waals surface area contributed by atoms with Gasteiger partial charge in [0.1, 0.15) is 0 Å². The molecular weight excluding hydrogens is 196 g/mol. The average Bonchev–Trinajstić information content (AvgIpc) is 2.52. The van der Waals surface area contributed by atoms with Crippen LogP contribution in [0.15, 0.2) is 18.5 Å². The number of pyridine rings is 1. The predicted molar refractivity (Wildman–Crippen MR) is 52.8 cm³/mol. The summed E-state index contributed by atoms with van der Waals surface area (Å²) < 4.78 is 0. The van der Waals surface area contributed by atoms with E-state index < -0.39 is 11.8 Å². The number of nitrogens with zero attached hydrogens (tertiary/aromatic N) is 1. The summed E-state index contributed by atoms with van der Waals surface area (Å²) >= 11 is 0. The molecule has 2 heterocycles. The third-order valence-electron chi connectivity index (χ3n) is 2.21. The Morgan fingerprint density at radius 1 is 1.47 bits per heavy atom. The van der Waals surface area contributed by atoms with Crippen LogP contribution in [0.3, 0.4) is 0 Å². The standard InChI is InChI=1S/C10H8N2O3/c1-5-8(9(13)10(14)15)6-2-3-11-4-7(6)12-5/h2-4,12H,1H3,(H,14,15). The number of carbonyl (C=O) groups excluding carboxylic acids is 1. The molecule has 0 atom stereocenters. The van der Waals surface area contributed by atoms with E-state index in [1.807, 2.05) is 0 Å². The van der Waals surface area contributed by atoms with E-state index in [9.17, 15) is 9.59 Å². The SMILES string of the molecule is Cc1[nH]c2cnccc2c1C(=O)C(=O)O. The number of ketones is 1. The minimum Gasteiger partial charge on any atom is -0.475 e. The zero-order chi connectivity index (χ0) is 11.0. The topological polar surface area (TPSA) is 83.0 Å². The Balaban J connectivity index is 2.74. The highest BCUT2D eigenvalue weighted by atomic mass is 16.4. The van der Waals surface area contributed by atoms with E-state index in [-0.39, 0.29) is 5.56 Å². The highest BCUT2D eigenvalue weighted by Gasteiger charge is 2.21. The molecule has 0 fully saturated rings. The zero-order valence-electron chi connectivity index (χ0n) is 7.94. The second kappa shape index (κ2) is 3.20. The summed E-state index contributed by atoms with van der Waals surface area (Å²) in [5.74, 6) is -2.35. The molecule has 2 rings (SSSR count). The number of fused-ring (bicyclic) bond motifs is 1. The minimum absolute atomic E-state index is 0.208. The maximum Gasteiger partial charge on any atom is 0.377 e. The number of aromatic nitrogens is 2. The van der Waals surface area contributed by atoms with Crippen molar-refractivity contribution in [3.05, 3.63) is 29.7 Å². The quantitative estimate of drug-likeness (QED) is 0.567. The third-order valence-corrected chi connectivity index (χ3v) is 2.21. The Morgan fingerprint density at radius 3 is 2.87 bits per heavy atom. The molecule has 5 nitrogen and oxygen atoms in total. The summed E-state index contributed by atoms with van der Waals surface area (Å²) in [4.78, 5) is 28.8. The van der Waals surface area contributed by atoms with E-state index in [2.05, 4.69) is 9.97 Å². The first-order valence-electron chi connectivity index (χ1n) is 4.31. The Hall–Kier alpha value is -2.17. The minimum atomic E-state index is -1.45. The van der Waals surface area contributed by atoms with Crippen LogP contribution in [0.1, 0.15) is 16.1 Å². The van der Waals surface area contributed by atoms with Gasteiger partial charge in [0.2, 0.25) is 0 Å². The van der Waals surface area contributed by atoms with Crippen LogP contribution in [0.25, 0.3) is 10.9 Å². The molecule has 2 aromatic rings. The van der Waals surface area contributed by atoms with E-state index >= 15 is 0 Å². The summed E-state index contributed by atoms with van der Waals surface area (Å²) in [6, 6.07) is 1.62. The molecule has 0 aliphatic carbocycles. The van der Waals surface area contributed by atoms with Gasteiger partial charge in [-0.05, 0) is 13.0 Å². The second-order valence-electron chi connectivity index (χ2n) is 3.18. The third kappa shape index (κ3) is 1.38. The lowest BCUT2D eigenvalue weighted by atomic mass is 10.1. The molecule has 0 spiro atoms. The lowest BCUT2D eigenvalue weighted by Gasteiger charge is -1.94. The molecule has 0 aliphatic heterocycles. The Labute approximate surface area is 84.8 Å². The number of aliphatic carboxylic acids is 1. The van der Waals surface area contributed by atoms with E-state index in [1.54, 1.807) is 19.2 Å². The van der Waals surface area contributed by atoms with Crippen LogP contribution >= 0.6 is 0 Å². The fourth-order valence-electron chi connectivity index (χ4n) is 1.58. The van der Waals surface area contributed by atoms with Gasteiger partial charge in [-0.25, -0.2) is 4.79 Å². The van der Waals surface area contributed by atoms with E-state index in [4.69, 9.17) is 5.11 Å². The van der Waals surface area contributed by atoms with Crippen LogP contribution in [-0.2, 0) is 4.79 Å². The Morgan fingerprint density at radius 2 is 2.20 bits per heavy atom. The Kier molecular flexibility index (Phi) is 2.00. The van der Waals surface area contributed by atoms with Crippen molar-refractivity contribution in [1.29, 1.82) is 0 Å². The van der Waals surface area contributed by atoms with Crippen molar-refractivity contribution in [2.75, 3.05) is 0 Å². The van der Waals surface area contributed by atoms with Gasteiger partial charge in [-0.15, -0.1) is 0 Å². The zero-order valence-corrected chi connectivity index (χ0v) is 7.94. The number of rotatable bonds is 2. The molecule has 0 saturated heterocycles. The number of aromatic amines is 1. The largest absolute Gasteiger partial charge is 0.475 e. The molecule has 76 valence electrons. The van der Waals surface area contributed by atoms with Gasteiger partial charge >= 0.3 is 5.97 Å². The number of carbonyl (C=O) groups is 2. The van der Waals surface area contributed by atoms with Gasteiger partial charge in [-0.2, -0.15) is 0 Å². The fourth-order valence-corrected chi connectivity index (χ4v) is 1.58. The predicted octanol–water partition coefficient (Wildman–Crippen LogP) is 1.14. The monoisotopic (exact) mass is 204 g/mol. The van der Waals surface area contributed by atoms with Crippen LogP contribution in [0.5, 0.6) is 0 Å². The van der Waals surface area contributed by atoms with Gasteiger partial charge in [0, 0.05) is 17.3 Å². The van der Waals surface area contributed by atoms with E-state index in [1.165, 1.54) is 6.20 Å². The van der Waals surface area contributed by atoms with Crippen molar-refractivity contribution in [2.45, 2.75) is 6.92 Å². The van der Waals surface area contributed by atoms with E-state index in [0.29, 0.717) is 16.6 Å². The van der Waals surface area contributed by atoms with Crippen molar-refractivity contribution in [3.63, 3.8) is 0 Å². The second-order valence-corrected chi connectivity index (χ2v) is 3.18. The maximum atomic E-state index is 11.4. The lowest BCUT2D eigenvalue weighted by molar-refractivity contribution is -0.131. The van der Waals surface area contributed by atoms with Crippen molar-refractivity contribution in [1.82, 2.24) is 9.97 Å². The summed E-state index contributed by atoms with van der Waals surface area (Å²) in [6.07, 6.45) is 3.08. The first-order valence-corrected chi connectivity index (χ1v) is 4.31. The molecule has 2 aromatic heterocycles. The number of H-pyrrole nitrogens is 1. The number of hydrogen-bond donors (Lipinski definition) is 2. The van der Waals surface area contributed by atoms with Gasteiger partial charge in [-0.3, -0.25) is 9.78 Å². The molecule has 0 radical (unpaired) electrons.